The predicted molar refractivity (Wildman–Crippen MR) is 104 cm³/mol. The van der Waals surface area contributed by atoms with Gasteiger partial charge in [0.15, 0.2) is 0 Å². The predicted octanol–water partition coefficient (Wildman–Crippen LogP) is 6.41. The van der Waals surface area contributed by atoms with Gasteiger partial charge in [0.1, 0.15) is 0 Å². The van der Waals surface area contributed by atoms with Crippen LogP contribution in [-0.2, 0) is 12.8 Å². The fourth-order valence-electron chi connectivity index (χ4n) is 4.20. The second kappa shape index (κ2) is 5.63. The lowest BCUT2D eigenvalue weighted by Gasteiger charge is -2.12. The van der Waals surface area contributed by atoms with E-state index in [0.717, 1.165) is 12.8 Å². The lowest BCUT2D eigenvalue weighted by atomic mass is 9.93. The molecule has 0 heteroatoms. The number of benzene rings is 3. The normalized spacial score (nSPS) is 12.2. The van der Waals surface area contributed by atoms with Crippen LogP contribution >= 0.6 is 0 Å². The standard InChI is InChI=1S/C24H24/c1-5-22-16(3)11-20(12-17(22)4)18-8-9-23-21(13-18)14-19-7-6-15(2)10-24(19)23/h6-13H,5,14H2,1-4H3. The van der Waals surface area contributed by atoms with E-state index in [1.165, 1.54) is 55.6 Å². The van der Waals surface area contributed by atoms with Crippen molar-refractivity contribution in [3.8, 4) is 22.3 Å². The van der Waals surface area contributed by atoms with Gasteiger partial charge in [-0.25, -0.2) is 0 Å². The Morgan fingerprint density at radius 1 is 0.708 bits per heavy atom. The maximum Gasteiger partial charge on any atom is -0.00132 e. The second-order valence-corrected chi connectivity index (χ2v) is 7.15. The van der Waals surface area contributed by atoms with Crippen molar-refractivity contribution < 1.29 is 0 Å². The molecule has 0 nitrogen and oxygen atoms in total. The average molecular weight is 312 g/mol. The topological polar surface area (TPSA) is 0 Å². The van der Waals surface area contributed by atoms with Crippen LogP contribution in [0.25, 0.3) is 22.3 Å². The molecule has 24 heavy (non-hydrogen) atoms. The molecular formula is C24H24. The van der Waals surface area contributed by atoms with E-state index < -0.39 is 0 Å². The number of fused-ring (bicyclic) bond motifs is 3. The molecule has 0 N–H and O–H groups in total. The molecule has 1 aliphatic rings. The van der Waals surface area contributed by atoms with Crippen molar-refractivity contribution in [2.24, 2.45) is 0 Å². The van der Waals surface area contributed by atoms with Crippen LogP contribution in [0.2, 0.25) is 0 Å². The Morgan fingerprint density at radius 2 is 1.46 bits per heavy atom. The van der Waals surface area contributed by atoms with Gasteiger partial charge in [-0.1, -0.05) is 61.0 Å². The van der Waals surface area contributed by atoms with Crippen LogP contribution in [-0.4, -0.2) is 0 Å². The minimum atomic E-state index is 1.06. The quantitative estimate of drug-likeness (QED) is 0.401. The molecule has 0 heterocycles. The molecule has 0 bridgehead atoms. The summed E-state index contributed by atoms with van der Waals surface area (Å²) < 4.78 is 0. The van der Waals surface area contributed by atoms with Gasteiger partial charge in [-0.15, -0.1) is 0 Å². The fourth-order valence-corrected chi connectivity index (χ4v) is 4.20. The van der Waals surface area contributed by atoms with Gasteiger partial charge in [0, 0.05) is 0 Å². The monoisotopic (exact) mass is 312 g/mol. The molecular weight excluding hydrogens is 288 g/mol. The molecule has 3 aromatic carbocycles. The van der Waals surface area contributed by atoms with Crippen LogP contribution in [0.3, 0.4) is 0 Å². The number of hydrogen-bond donors (Lipinski definition) is 0. The van der Waals surface area contributed by atoms with E-state index in [-0.39, 0.29) is 0 Å². The van der Waals surface area contributed by atoms with Crippen molar-refractivity contribution in [2.75, 3.05) is 0 Å². The second-order valence-electron chi connectivity index (χ2n) is 7.15. The molecule has 0 aromatic heterocycles. The van der Waals surface area contributed by atoms with Gasteiger partial charge in [-0.05, 0) is 83.7 Å². The van der Waals surface area contributed by atoms with Crippen molar-refractivity contribution in [3.63, 3.8) is 0 Å². The summed E-state index contributed by atoms with van der Waals surface area (Å²) in [6.07, 6.45) is 2.17. The third-order valence-electron chi connectivity index (χ3n) is 5.42. The molecule has 0 radical (unpaired) electrons. The van der Waals surface area contributed by atoms with Crippen LogP contribution in [0.1, 0.15) is 40.3 Å². The van der Waals surface area contributed by atoms with E-state index in [4.69, 9.17) is 0 Å². The highest BCUT2D eigenvalue weighted by molar-refractivity contribution is 5.81. The van der Waals surface area contributed by atoms with Crippen molar-refractivity contribution in [3.05, 3.63) is 81.9 Å². The SMILES string of the molecule is CCc1c(C)cc(-c2ccc3c(c2)Cc2ccc(C)cc2-3)cc1C. The third-order valence-corrected chi connectivity index (χ3v) is 5.42. The lowest BCUT2D eigenvalue weighted by Crippen LogP contribution is -1.93. The zero-order chi connectivity index (χ0) is 16.8. The molecule has 120 valence electrons. The molecule has 0 amide bonds. The average Bonchev–Trinajstić information content (AvgIpc) is 2.91. The van der Waals surface area contributed by atoms with Crippen molar-refractivity contribution in [1.82, 2.24) is 0 Å². The van der Waals surface area contributed by atoms with Crippen molar-refractivity contribution in [2.45, 2.75) is 40.5 Å². The molecule has 1 aliphatic carbocycles. The van der Waals surface area contributed by atoms with E-state index in [1.54, 1.807) is 0 Å². The van der Waals surface area contributed by atoms with Crippen LogP contribution in [0, 0.1) is 20.8 Å². The highest BCUT2D eigenvalue weighted by atomic mass is 14.2. The number of aryl methyl sites for hydroxylation is 3. The van der Waals surface area contributed by atoms with Crippen molar-refractivity contribution >= 4 is 0 Å². The zero-order valence-electron chi connectivity index (χ0n) is 15.0. The number of hydrogen-bond acceptors (Lipinski definition) is 0. The summed E-state index contributed by atoms with van der Waals surface area (Å²) in [5, 5.41) is 0. The summed E-state index contributed by atoms with van der Waals surface area (Å²) in [5.41, 5.74) is 14.1. The molecule has 0 fully saturated rings. The lowest BCUT2D eigenvalue weighted by molar-refractivity contribution is 1.08. The maximum atomic E-state index is 2.39. The maximum absolute atomic E-state index is 2.39. The molecule has 0 unspecified atom stereocenters. The van der Waals surface area contributed by atoms with E-state index in [1.807, 2.05) is 0 Å². The van der Waals surface area contributed by atoms with Gasteiger partial charge in [-0.3, -0.25) is 0 Å². The highest BCUT2D eigenvalue weighted by Gasteiger charge is 2.19. The minimum absolute atomic E-state index is 1.06. The fraction of sp³-hybridized carbons (Fsp3) is 0.250. The molecule has 0 spiro atoms. The summed E-state index contributed by atoms with van der Waals surface area (Å²) in [4.78, 5) is 0. The Morgan fingerprint density at radius 3 is 2.17 bits per heavy atom. The Balaban J connectivity index is 1.79. The van der Waals surface area contributed by atoms with Gasteiger partial charge in [-0.2, -0.15) is 0 Å². The van der Waals surface area contributed by atoms with Gasteiger partial charge in [0.25, 0.3) is 0 Å². The van der Waals surface area contributed by atoms with Crippen LogP contribution in [0.5, 0.6) is 0 Å². The number of rotatable bonds is 2. The third kappa shape index (κ3) is 2.38. The first-order valence-corrected chi connectivity index (χ1v) is 8.90. The molecule has 3 aromatic rings. The molecule has 0 aliphatic heterocycles. The summed E-state index contributed by atoms with van der Waals surface area (Å²) in [5.74, 6) is 0. The zero-order valence-corrected chi connectivity index (χ0v) is 15.0. The largest absolute Gasteiger partial charge is 0.0613 e. The molecule has 0 saturated carbocycles. The minimum Gasteiger partial charge on any atom is -0.0613 e. The summed E-state index contributed by atoms with van der Waals surface area (Å²) in [7, 11) is 0. The van der Waals surface area contributed by atoms with Crippen LogP contribution in [0.15, 0.2) is 48.5 Å². The van der Waals surface area contributed by atoms with Gasteiger partial charge in [0.05, 0.1) is 0 Å². The van der Waals surface area contributed by atoms with E-state index in [9.17, 15) is 0 Å². The highest BCUT2D eigenvalue weighted by Crippen LogP contribution is 2.39. The first kappa shape index (κ1) is 15.2. The van der Waals surface area contributed by atoms with Crippen LogP contribution < -0.4 is 0 Å². The molecule has 0 saturated heterocycles. The molecule has 4 rings (SSSR count). The Labute approximate surface area is 145 Å². The Bertz CT molecular complexity index is 921. The van der Waals surface area contributed by atoms with E-state index in [0.29, 0.717) is 0 Å². The smallest absolute Gasteiger partial charge is 0.00132 e. The van der Waals surface area contributed by atoms with Crippen molar-refractivity contribution in [1.29, 1.82) is 0 Å². The van der Waals surface area contributed by atoms with Gasteiger partial charge >= 0.3 is 0 Å². The Hall–Kier alpha value is -2.34. The Kier molecular flexibility index (Phi) is 3.57. The first-order chi connectivity index (χ1) is 11.6. The first-order valence-electron chi connectivity index (χ1n) is 8.90. The molecule has 0 atom stereocenters. The summed E-state index contributed by atoms with van der Waals surface area (Å²) in [6.45, 7) is 8.89. The summed E-state index contributed by atoms with van der Waals surface area (Å²) in [6, 6.07) is 18.5. The van der Waals surface area contributed by atoms with E-state index >= 15 is 0 Å². The van der Waals surface area contributed by atoms with E-state index in [2.05, 4.69) is 76.2 Å². The summed E-state index contributed by atoms with van der Waals surface area (Å²) >= 11 is 0. The van der Waals surface area contributed by atoms with Gasteiger partial charge in [0.2, 0.25) is 0 Å². The van der Waals surface area contributed by atoms with Gasteiger partial charge < -0.3 is 0 Å². The van der Waals surface area contributed by atoms with Crippen LogP contribution in [0.4, 0.5) is 0 Å².